The van der Waals surface area contributed by atoms with Crippen LogP contribution in [0.5, 0.6) is 0 Å². The molecule has 1 aromatic carbocycles. The molecule has 2 saturated heterocycles. The lowest BCUT2D eigenvalue weighted by molar-refractivity contribution is -0.123. The first-order valence-corrected chi connectivity index (χ1v) is 9.31. The highest BCUT2D eigenvalue weighted by molar-refractivity contribution is 9.10. The molecule has 23 heavy (non-hydrogen) atoms. The van der Waals surface area contributed by atoms with Crippen LogP contribution in [0.1, 0.15) is 44.2 Å². The summed E-state index contributed by atoms with van der Waals surface area (Å²) in [6, 6.07) is 9.99. The molecular formula is C18H26BrN3O. The van der Waals surface area contributed by atoms with Gasteiger partial charge in [0, 0.05) is 22.6 Å². The largest absolute Gasteiger partial charge is 0.348 e. The molecule has 3 atom stereocenters. The Balaban J connectivity index is 1.49. The van der Waals surface area contributed by atoms with E-state index in [2.05, 4.69) is 38.5 Å². The van der Waals surface area contributed by atoms with Gasteiger partial charge in [0.05, 0.1) is 12.6 Å². The minimum Gasteiger partial charge on any atom is -0.348 e. The fourth-order valence-electron chi connectivity index (χ4n) is 3.86. The van der Waals surface area contributed by atoms with Crippen molar-refractivity contribution in [2.24, 2.45) is 0 Å². The Bertz CT molecular complexity index is 536. The zero-order chi connectivity index (χ0) is 16.4. The van der Waals surface area contributed by atoms with E-state index < -0.39 is 0 Å². The van der Waals surface area contributed by atoms with E-state index in [1.54, 1.807) is 0 Å². The average molecular weight is 380 g/mol. The van der Waals surface area contributed by atoms with E-state index in [1.807, 2.05) is 31.2 Å². The molecule has 2 heterocycles. The third kappa shape index (κ3) is 4.34. The number of nitrogens with zero attached hydrogens (tertiary/aromatic N) is 1. The lowest BCUT2D eigenvalue weighted by Crippen LogP contribution is -2.49. The number of likely N-dealkylation sites (N-methyl/N-ethyl adjacent to an activating group) is 1. The summed E-state index contributed by atoms with van der Waals surface area (Å²) in [7, 11) is 2.08. The molecule has 126 valence electrons. The van der Waals surface area contributed by atoms with Crippen LogP contribution in [-0.4, -0.2) is 42.5 Å². The van der Waals surface area contributed by atoms with Gasteiger partial charge in [0.15, 0.2) is 0 Å². The second-order valence-electron chi connectivity index (χ2n) is 7.02. The van der Waals surface area contributed by atoms with Crippen LogP contribution < -0.4 is 10.6 Å². The highest BCUT2D eigenvalue weighted by Crippen LogP contribution is 2.29. The molecule has 0 saturated carbocycles. The molecular weight excluding hydrogens is 354 g/mol. The zero-order valence-electron chi connectivity index (χ0n) is 13.9. The maximum absolute atomic E-state index is 12.3. The van der Waals surface area contributed by atoms with Gasteiger partial charge in [-0.05, 0) is 57.4 Å². The molecule has 0 aliphatic carbocycles. The zero-order valence-corrected chi connectivity index (χ0v) is 15.5. The molecule has 1 amide bonds. The average Bonchev–Trinajstić information content (AvgIpc) is 2.85. The first kappa shape index (κ1) is 16.9. The molecule has 2 N–H and O–H groups in total. The van der Waals surface area contributed by atoms with Crippen molar-refractivity contribution in [3.63, 3.8) is 0 Å². The number of nitrogens with one attached hydrogen (secondary N) is 2. The summed E-state index contributed by atoms with van der Waals surface area (Å²) in [6.07, 6.45) is 4.93. The van der Waals surface area contributed by atoms with Crippen LogP contribution in [0.3, 0.4) is 0 Å². The molecule has 2 fully saturated rings. The highest BCUT2D eigenvalue weighted by Gasteiger charge is 2.35. The second kappa shape index (κ2) is 7.32. The van der Waals surface area contributed by atoms with Gasteiger partial charge in [-0.15, -0.1) is 0 Å². The molecule has 3 unspecified atom stereocenters. The summed E-state index contributed by atoms with van der Waals surface area (Å²) < 4.78 is 1.06. The Labute approximate surface area is 147 Å². The smallest absolute Gasteiger partial charge is 0.234 e. The molecule has 3 rings (SSSR count). The summed E-state index contributed by atoms with van der Waals surface area (Å²) in [5, 5.41) is 6.77. The second-order valence-corrected chi connectivity index (χ2v) is 7.93. The van der Waals surface area contributed by atoms with Gasteiger partial charge in [-0.1, -0.05) is 28.1 Å². The number of amides is 1. The van der Waals surface area contributed by atoms with Crippen molar-refractivity contribution in [2.45, 2.75) is 56.8 Å². The topological polar surface area (TPSA) is 44.4 Å². The van der Waals surface area contributed by atoms with Crippen LogP contribution in [0.15, 0.2) is 28.7 Å². The minimum absolute atomic E-state index is 0.0354. The molecule has 1 aromatic rings. The SMILES string of the molecule is CC(NC(=O)CN(C)C1CC2CCC(C1)N2)c1ccc(Br)cc1. The van der Waals surface area contributed by atoms with Gasteiger partial charge in [-0.3, -0.25) is 9.69 Å². The van der Waals surface area contributed by atoms with Crippen LogP contribution in [0.4, 0.5) is 0 Å². The third-order valence-electron chi connectivity index (χ3n) is 5.21. The van der Waals surface area contributed by atoms with Gasteiger partial charge in [-0.2, -0.15) is 0 Å². The predicted molar refractivity (Wildman–Crippen MR) is 96.3 cm³/mol. The first-order chi connectivity index (χ1) is 11.0. The Morgan fingerprint density at radius 3 is 2.52 bits per heavy atom. The Hall–Kier alpha value is -0.910. The molecule has 2 aliphatic rings. The predicted octanol–water partition coefficient (Wildman–Crippen LogP) is 2.84. The van der Waals surface area contributed by atoms with Crippen molar-refractivity contribution in [1.82, 2.24) is 15.5 Å². The van der Waals surface area contributed by atoms with Crippen molar-refractivity contribution in [2.75, 3.05) is 13.6 Å². The number of piperidine rings is 1. The molecule has 0 aromatic heterocycles. The van der Waals surface area contributed by atoms with E-state index in [9.17, 15) is 4.79 Å². The van der Waals surface area contributed by atoms with Crippen molar-refractivity contribution < 1.29 is 4.79 Å². The van der Waals surface area contributed by atoms with E-state index in [0.717, 1.165) is 10.0 Å². The van der Waals surface area contributed by atoms with Gasteiger partial charge in [0.2, 0.25) is 5.91 Å². The number of rotatable bonds is 5. The van der Waals surface area contributed by atoms with Crippen LogP contribution in [0.25, 0.3) is 0 Å². The van der Waals surface area contributed by atoms with Gasteiger partial charge in [0.25, 0.3) is 0 Å². The van der Waals surface area contributed by atoms with Crippen molar-refractivity contribution in [1.29, 1.82) is 0 Å². The van der Waals surface area contributed by atoms with Gasteiger partial charge < -0.3 is 10.6 Å². The van der Waals surface area contributed by atoms with Crippen molar-refractivity contribution in [3.05, 3.63) is 34.3 Å². The van der Waals surface area contributed by atoms with E-state index in [-0.39, 0.29) is 11.9 Å². The van der Waals surface area contributed by atoms with Gasteiger partial charge >= 0.3 is 0 Å². The number of carbonyl (C=O) groups excluding carboxylic acids is 1. The summed E-state index contributed by atoms with van der Waals surface area (Å²) >= 11 is 3.44. The molecule has 2 bridgehead atoms. The van der Waals surface area contributed by atoms with Crippen LogP contribution in [-0.2, 0) is 4.79 Å². The van der Waals surface area contributed by atoms with Crippen LogP contribution in [0, 0.1) is 0 Å². The maximum atomic E-state index is 12.3. The highest BCUT2D eigenvalue weighted by atomic mass is 79.9. The number of fused-ring (bicyclic) bond motifs is 2. The first-order valence-electron chi connectivity index (χ1n) is 8.52. The number of carbonyl (C=O) groups is 1. The number of benzene rings is 1. The number of halogens is 1. The maximum Gasteiger partial charge on any atom is 0.234 e. The summed E-state index contributed by atoms with van der Waals surface area (Å²) in [4.78, 5) is 14.6. The lowest BCUT2D eigenvalue weighted by Gasteiger charge is -2.35. The molecule has 0 radical (unpaired) electrons. The van der Waals surface area contributed by atoms with Gasteiger partial charge in [-0.25, -0.2) is 0 Å². The molecule has 4 nitrogen and oxygen atoms in total. The normalized spacial score (nSPS) is 27.9. The van der Waals surface area contributed by atoms with E-state index in [0.29, 0.717) is 24.7 Å². The standard InChI is InChI=1S/C18H26BrN3O/c1-12(13-3-5-14(19)6-4-13)20-18(23)11-22(2)17-9-15-7-8-16(10-17)21-15/h3-6,12,15-17,21H,7-11H2,1-2H3,(H,20,23). The summed E-state index contributed by atoms with van der Waals surface area (Å²) in [5.41, 5.74) is 1.13. The summed E-state index contributed by atoms with van der Waals surface area (Å²) in [6.45, 7) is 2.51. The minimum atomic E-state index is 0.0354. The summed E-state index contributed by atoms with van der Waals surface area (Å²) in [5.74, 6) is 0.105. The van der Waals surface area contributed by atoms with Crippen molar-refractivity contribution in [3.8, 4) is 0 Å². The lowest BCUT2D eigenvalue weighted by atomic mass is 9.98. The van der Waals surface area contributed by atoms with Crippen molar-refractivity contribution >= 4 is 21.8 Å². The van der Waals surface area contributed by atoms with E-state index >= 15 is 0 Å². The third-order valence-corrected chi connectivity index (χ3v) is 5.74. The number of hydrogen-bond acceptors (Lipinski definition) is 3. The molecule has 2 aliphatic heterocycles. The fraction of sp³-hybridized carbons (Fsp3) is 0.611. The number of hydrogen-bond donors (Lipinski definition) is 2. The monoisotopic (exact) mass is 379 g/mol. The van der Waals surface area contributed by atoms with Gasteiger partial charge in [0.1, 0.15) is 0 Å². The molecule has 0 spiro atoms. The van der Waals surface area contributed by atoms with E-state index in [1.165, 1.54) is 25.7 Å². The molecule has 5 heteroatoms. The Kier molecular flexibility index (Phi) is 5.39. The van der Waals surface area contributed by atoms with Crippen LogP contribution in [0.2, 0.25) is 0 Å². The fourth-order valence-corrected chi connectivity index (χ4v) is 4.13. The van der Waals surface area contributed by atoms with Crippen LogP contribution >= 0.6 is 15.9 Å². The Morgan fingerprint density at radius 1 is 1.30 bits per heavy atom. The van der Waals surface area contributed by atoms with E-state index in [4.69, 9.17) is 0 Å². The quantitative estimate of drug-likeness (QED) is 0.826. The Morgan fingerprint density at radius 2 is 1.91 bits per heavy atom.